The lowest BCUT2D eigenvalue weighted by Crippen LogP contribution is -2.38. The Morgan fingerprint density at radius 3 is 2.38 bits per heavy atom. The number of amidine groups is 1. The molecule has 0 aliphatic rings. The third-order valence-electron chi connectivity index (χ3n) is 2.85. The molecule has 5 heteroatoms. The second-order valence-electron chi connectivity index (χ2n) is 4.29. The van der Waals surface area contributed by atoms with Crippen molar-refractivity contribution >= 4 is 11.7 Å². The summed E-state index contributed by atoms with van der Waals surface area (Å²) in [5.41, 5.74) is 5.37. The van der Waals surface area contributed by atoms with Crippen LogP contribution < -0.4 is 5.73 Å². The van der Waals surface area contributed by atoms with Gasteiger partial charge in [-0.25, -0.2) is 0 Å². The van der Waals surface area contributed by atoms with Crippen LogP contribution in [0.1, 0.15) is 34.1 Å². The van der Waals surface area contributed by atoms with Crippen molar-refractivity contribution < 1.29 is 10.0 Å². The maximum absolute atomic E-state index is 12.0. The van der Waals surface area contributed by atoms with Crippen LogP contribution in [0.5, 0.6) is 0 Å². The first kappa shape index (κ1) is 14.7. The second-order valence-corrected chi connectivity index (χ2v) is 4.29. The van der Waals surface area contributed by atoms with E-state index in [1.807, 2.05) is 27.7 Å². The molecule has 0 heterocycles. The zero-order valence-electron chi connectivity index (χ0n) is 10.6. The third-order valence-corrected chi connectivity index (χ3v) is 2.85. The molecular formula is C11H23N3O2. The number of hydrogen-bond donors (Lipinski definition) is 2. The van der Waals surface area contributed by atoms with Gasteiger partial charge in [0.05, 0.1) is 0 Å². The lowest BCUT2D eigenvalue weighted by Gasteiger charge is -2.26. The Labute approximate surface area is 97.3 Å². The van der Waals surface area contributed by atoms with Gasteiger partial charge in [-0.05, 0) is 12.8 Å². The zero-order valence-corrected chi connectivity index (χ0v) is 10.6. The molecule has 0 bridgehead atoms. The predicted molar refractivity (Wildman–Crippen MR) is 64.3 cm³/mol. The number of nitrogens with zero attached hydrogens (tertiary/aromatic N) is 2. The molecule has 0 aromatic heterocycles. The molecule has 1 unspecified atom stereocenters. The van der Waals surface area contributed by atoms with Crippen LogP contribution in [0.15, 0.2) is 5.16 Å². The van der Waals surface area contributed by atoms with Gasteiger partial charge in [0.1, 0.15) is 5.84 Å². The number of nitrogens with two attached hydrogens (primary N) is 1. The molecule has 0 fully saturated rings. The third kappa shape index (κ3) is 4.51. The van der Waals surface area contributed by atoms with Crippen LogP contribution in [0, 0.1) is 11.8 Å². The Morgan fingerprint density at radius 1 is 1.44 bits per heavy atom. The molecule has 0 aliphatic carbocycles. The fraction of sp³-hybridized carbons (Fsp3) is 0.818. The molecule has 94 valence electrons. The first-order valence-electron chi connectivity index (χ1n) is 5.69. The van der Waals surface area contributed by atoms with Crippen LogP contribution >= 0.6 is 0 Å². The van der Waals surface area contributed by atoms with Gasteiger partial charge in [-0.1, -0.05) is 25.9 Å². The maximum atomic E-state index is 12.0. The summed E-state index contributed by atoms with van der Waals surface area (Å²) < 4.78 is 0. The Balaban J connectivity index is 4.33. The molecule has 0 rings (SSSR count). The van der Waals surface area contributed by atoms with E-state index >= 15 is 0 Å². The molecule has 0 saturated carbocycles. The molecule has 0 aromatic rings. The fourth-order valence-electron chi connectivity index (χ4n) is 1.30. The van der Waals surface area contributed by atoms with Crippen LogP contribution in [-0.4, -0.2) is 34.9 Å². The molecule has 0 spiro atoms. The fourth-order valence-corrected chi connectivity index (χ4v) is 1.30. The smallest absolute Gasteiger partial charge is 0.225 e. The van der Waals surface area contributed by atoms with E-state index in [1.54, 1.807) is 4.90 Å². The van der Waals surface area contributed by atoms with E-state index in [-0.39, 0.29) is 17.7 Å². The quantitative estimate of drug-likeness (QED) is 0.311. The number of amides is 1. The van der Waals surface area contributed by atoms with E-state index in [2.05, 4.69) is 5.16 Å². The van der Waals surface area contributed by atoms with Crippen molar-refractivity contribution in [3.05, 3.63) is 0 Å². The van der Waals surface area contributed by atoms with Crippen LogP contribution in [0.2, 0.25) is 0 Å². The van der Waals surface area contributed by atoms with Crippen molar-refractivity contribution in [3.8, 4) is 0 Å². The second kappa shape index (κ2) is 7.09. The van der Waals surface area contributed by atoms with Crippen molar-refractivity contribution in [3.63, 3.8) is 0 Å². The normalized spacial score (nSPS) is 13.9. The highest BCUT2D eigenvalue weighted by atomic mass is 16.4. The van der Waals surface area contributed by atoms with Gasteiger partial charge in [-0.15, -0.1) is 0 Å². The summed E-state index contributed by atoms with van der Waals surface area (Å²) in [6.07, 6.45) is 0.404. The van der Waals surface area contributed by atoms with Gasteiger partial charge >= 0.3 is 0 Å². The van der Waals surface area contributed by atoms with Crippen molar-refractivity contribution in [1.82, 2.24) is 4.90 Å². The average Bonchev–Trinajstić information content (AvgIpc) is 2.27. The van der Waals surface area contributed by atoms with Crippen LogP contribution in [-0.2, 0) is 4.79 Å². The summed E-state index contributed by atoms with van der Waals surface area (Å²) in [4.78, 5) is 13.7. The molecule has 0 aliphatic heterocycles. The van der Waals surface area contributed by atoms with Crippen LogP contribution in [0.25, 0.3) is 0 Å². The van der Waals surface area contributed by atoms with Gasteiger partial charge in [0.25, 0.3) is 0 Å². The Hall–Kier alpha value is -1.26. The van der Waals surface area contributed by atoms with Gasteiger partial charge in [-0.2, -0.15) is 0 Å². The SMILES string of the molecule is CCN(CCC(N)=NO)C(=O)C(C)C(C)C. The highest BCUT2D eigenvalue weighted by molar-refractivity contribution is 5.82. The summed E-state index contributed by atoms with van der Waals surface area (Å²) in [7, 11) is 0. The van der Waals surface area contributed by atoms with Gasteiger partial charge < -0.3 is 15.8 Å². The van der Waals surface area contributed by atoms with E-state index < -0.39 is 0 Å². The number of rotatable bonds is 6. The van der Waals surface area contributed by atoms with E-state index in [9.17, 15) is 4.79 Å². The van der Waals surface area contributed by atoms with Crippen LogP contribution in [0.3, 0.4) is 0 Å². The highest BCUT2D eigenvalue weighted by Gasteiger charge is 2.21. The highest BCUT2D eigenvalue weighted by Crippen LogP contribution is 2.13. The van der Waals surface area contributed by atoms with Gasteiger partial charge in [-0.3, -0.25) is 4.79 Å². The number of carbonyl (C=O) groups is 1. The van der Waals surface area contributed by atoms with Crippen molar-refractivity contribution in [2.24, 2.45) is 22.7 Å². The molecule has 0 saturated heterocycles. The topological polar surface area (TPSA) is 78.9 Å². The molecule has 3 N–H and O–H groups in total. The average molecular weight is 229 g/mol. The minimum atomic E-state index is 0.00670. The van der Waals surface area contributed by atoms with Gasteiger partial charge in [0, 0.05) is 25.4 Å². The summed E-state index contributed by atoms with van der Waals surface area (Å²) in [5, 5.41) is 11.3. The summed E-state index contributed by atoms with van der Waals surface area (Å²) in [6.45, 7) is 9.06. The minimum absolute atomic E-state index is 0.00670. The minimum Gasteiger partial charge on any atom is -0.409 e. The Bertz CT molecular complexity index is 252. The number of oxime groups is 1. The first-order chi connectivity index (χ1) is 7.43. The lowest BCUT2D eigenvalue weighted by atomic mass is 9.96. The summed E-state index contributed by atoms with van der Waals surface area (Å²) >= 11 is 0. The Kier molecular flexibility index (Phi) is 6.53. The van der Waals surface area contributed by atoms with Gasteiger partial charge in [0.15, 0.2) is 0 Å². The first-order valence-corrected chi connectivity index (χ1v) is 5.69. The summed E-state index contributed by atoms with van der Waals surface area (Å²) in [5.74, 6) is 0.615. The standard InChI is InChI=1S/C11H23N3O2/c1-5-14(7-6-10(12)13-16)11(15)9(4)8(2)3/h8-9,16H,5-7H2,1-4H3,(H2,12,13). The van der Waals surface area contributed by atoms with Crippen molar-refractivity contribution in [2.75, 3.05) is 13.1 Å². The molecule has 1 atom stereocenters. The predicted octanol–water partition coefficient (Wildman–Crippen LogP) is 1.26. The monoisotopic (exact) mass is 229 g/mol. The lowest BCUT2D eigenvalue weighted by molar-refractivity contribution is -0.136. The largest absolute Gasteiger partial charge is 0.409 e. The van der Waals surface area contributed by atoms with Crippen molar-refractivity contribution in [2.45, 2.75) is 34.1 Å². The molecule has 0 aromatic carbocycles. The molecule has 1 amide bonds. The molecule has 16 heavy (non-hydrogen) atoms. The van der Waals surface area contributed by atoms with E-state index in [0.29, 0.717) is 25.4 Å². The van der Waals surface area contributed by atoms with Crippen LogP contribution in [0.4, 0.5) is 0 Å². The molecule has 5 nitrogen and oxygen atoms in total. The van der Waals surface area contributed by atoms with Crippen molar-refractivity contribution in [1.29, 1.82) is 0 Å². The van der Waals surface area contributed by atoms with E-state index in [4.69, 9.17) is 10.9 Å². The zero-order chi connectivity index (χ0) is 12.7. The maximum Gasteiger partial charge on any atom is 0.225 e. The molecular weight excluding hydrogens is 206 g/mol. The number of hydrogen-bond acceptors (Lipinski definition) is 3. The van der Waals surface area contributed by atoms with Gasteiger partial charge in [0.2, 0.25) is 5.91 Å². The number of carbonyl (C=O) groups excluding carboxylic acids is 1. The van der Waals surface area contributed by atoms with E-state index in [0.717, 1.165) is 0 Å². The van der Waals surface area contributed by atoms with E-state index in [1.165, 1.54) is 0 Å². The summed E-state index contributed by atoms with van der Waals surface area (Å²) in [6, 6.07) is 0. The Morgan fingerprint density at radius 2 is 2.00 bits per heavy atom. The molecule has 0 radical (unpaired) electrons.